The SMILES string of the molecule is N/N=C\c1cn(Cc2ccccc2)nc1-c1ccc(Cl)cc1. The standard InChI is InChI=1S/C17H15ClN4/c18-16-8-6-14(7-9-16)17-15(10-20-19)12-22(21-17)11-13-4-2-1-3-5-13/h1-10,12H,11,19H2/b20-10-. The van der Waals surface area contributed by atoms with Gasteiger partial charge in [0, 0.05) is 22.3 Å². The van der Waals surface area contributed by atoms with E-state index in [1.54, 1.807) is 6.21 Å². The van der Waals surface area contributed by atoms with Gasteiger partial charge in [0.15, 0.2) is 0 Å². The lowest BCUT2D eigenvalue weighted by Gasteiger charge is -2.01. The number of nitrogens with two attached hydrogens (primary N) is 1. The van der Waals surface area contributed by atoms with E-state index in [0.29, 0.717) is 11.6 Å². The van der Waals surface area contributed by atoms with Crippen LogP contribution in [0.1, 0.15) is 11.1 Å². The molecule has 2 N–H and O–H groups in total. The number of halogens is 1. The Bertz CT molecular complexity index is 776. The maximum absolute atomic E-state index is 5.94. The third-order valence-electron chi connectivity index (χ3n) is 3.31. The Morgan fingerprint density at radius 1 is 1.09 bits per heavy atom. The van der Waals surface area contributed by atoms with Crippen molar-refractivity contribution in [3.8, 4) is 11.3 Å². The zero-order valence-electron chi connectivity index (χ0n) is 11.9. The second-order valence-corrected chi connectivity index (χ2v) is 5.34. The average molecular weight is 311 g/mol. The Morgan fingerprint density at radius 3 is 2.50 bits per heavy atom. The molecule has 0 aliphatic heterocycles. The van der Waals surface area contributed by atoms with Crippen LogP contribution in [0, 0.1) is 0 Å². The van der Waals surface area contributed by atoms with E-state index >= 15 is 0 Å². The molecule has 4 nitrogen and oxygen atoms in total. The molecule has 0 bridgehead atoms. The molecule has 3 rings (SSSR count). The van der Waals surface area contributed by atoms with Gasteiger partial charge in [0.25, 0.3) is 0 Å². The molecule has 0 amide bonds. The average Bonchev–Trinajstić information content (AvgIpc) is 2.92. The van der Waals surface area contributed by atoms with Crippen LogP contribution >= 0.6 is 11.6 Å². The molecule has 5 heteroatoms. The van der Waals surface area contributed by atoms with Gasteiger partial charge in [0.05, 0.1) is 12.8 Å². The molecule has 22 heavy (non-hydrogen) atoms. The molecule has 0 atom stereocenters. The Balaban J connectivity index is 1.97. The number of aromatic nitrogens is 2. The highest BCUT2D eigenvalue weighted by atomic mass is 35.5. The maximum Gasteiger partial charge on any atom is 0.101 e. The van der Waals surface area contributed by atoms with Gasteiger partial charge in [0.1, 0.15) is 5.69 Å². The van der Waals surface area contributed by atoms with E-state index in [2.05, 4.69) is 22.3 Å². The first-order valence-electron chi connectivity index (χ1n) is 6.87. The van der Waals surface area contributed by atoms with Crippen LogP contribution in [-0.2, 0) is 6.54 Å². The molecule has 0 fully saturated rings. The van der Waals surface area contributed by atoms with Crippen LogP contribution in [-0.4, -0.2) is 16.0 Å². The minimum Gasteiger partial charge on any atom is -0.323 e. The van der Waals surface area contributed by atoms with Gasteiger partial charge >= 0.3 is 0 Å². The molecule has 1 heterocycles. The Kier molecular flexibility index (Phi) is 4.21. The maximum atomic E-state index is 5.94. The van der Waals surface area contributed by atoms with E-state index < -0.39 is 0 Å². The minimum atomic E-state index is 0.694. The summed E-state index contributed by atoms with van der Waals surface area (Å²) >= 11 is 5.94. The van der Waals surface area contributed by atoms with Gasteiger partial charge < -0.3 is 5.84 Å². The number of hydrazone groups is 1. The number of hydrogen-bond acceptors (Lipinski definition) is 3. The van der Waals surface area contributed by atoms with Gasteiger partial charge in [-0.05, 0) is 17.7 Å². The number of benzene rings is 2. The van der Waals surface area contributed by atoms with Crippen LogP contribution in [0.25, 0.3) is 11.3 Å². The fraction of sp³-hybridized carbons (Fsp3) is 0.0588. The van der Waals surface area contributed by atoms with Crippen molar-refractivity contribution >= 4 is 17.8 Å². The van der Waals surface area contributed by atoms with E-state index in [1.807, 2.05) is 53.3 Å². The third-order valence-corrected chi connectivity index (χ3v) is 3.56. The molecule has 0 radical (unpaired) electrons. The Morgan fingerprint density at radius 2 is 1.82 bits per heavy atom. The molecule has 0 spiro atoms. The normalized spacial score (nSPS) is 11.1. The minimum absolute atomic E-state index is 0.694. The lowest BCUT2D eigenvalue weighted by atomic mass is 10.1. The van der Waals surface area contributed by atoms with E-state index in [-0.39, 0.29) is 0 Å². The molecule has 3 aromatic rings. The van der Waals surface area contributed by atoms with Crippen molar-refractivity contribution in [1.82, 2.24) is 9.78 Å². The van der Waals surface area contributed by atoms with Gasteiger partial charge in [-0.15, -0.1) is 0 Å². The topological polar surface area (TPSA) is 56.2 Å². The van der Waals surface area contributed by atoms with Crippen LogP contribution < -0.4 is 5.84 Å². The summed E-state index contributed by atoms with van der Waals surface area (Å²) in [7, 11) is 0. The molecular formula is C17H15ClN4. The Hall–Kier alpha value is -2.59. The van der Waals surface area contributed by atoms with Gasteiger partial charge in [-0.25, -0.2) is 0 Å². The van der Waals surface area contributed by atoms with Crippen molar-refractivity contribution in [2.45, 2.75) is 6.54 Å². The molecule has 1 aromatic heterocycles. The summed E-state index contributed by atoms with van der Waals surface area (Å²) in [6.45, 7) is 0.694. The predicted molar refractivity (Wildman–Crippen MR) is 90.0 cm³/mol. The van der Waals surface area contributed by atoms with Crippen molar-refractivity contribution in [2.24, 2.45) is 10.9 Å². The fourth-order valence-corrected chi connectivity index (χ4v) is 2.42. The quantitative estimate of drug-likeness (QED) is 0.455. The summed E-state index contributed by atoms with van der Waals surface area (Å²) in [5.41, 5.74) is 3.87. The van der Waals surface area contributed by atoms with Crippen LogP contribution in [0.3, 0.4) is 0 Å². The molecule has 0 saturated carbocycles. The summed E-state index contributed by atoms with van der Waals surface area (Å²) in [5, 5.41) is 8.97. The monoisotopic (exact) mass is 310 g/mol. The largest absolute Gasteiger partial charge is 0.323 e. The van der Waals surface area contributed by atoms with Gasteiger partial charge in [-0.2, -0.15) is 10.2 Å². The first-order valence-corrected chi connectivity index (χ1v) is 7.24. The van der Waals surface area contributed by atoms with Crippen LogP contribution in [0.15, 0.2) is 65.9 Å². The van der Waals surface area contributed by atoms with E-state index in [9.17, 15) is 0 Å². The van der Waals surface area contributed by atoms with E-state index in [1.165, 1.54) is 5.56 Å². The second kappa shape index (κ2) is 6.45. The summed E-state index contributed by atoms with van der Waals surface area (Å²) in [6.07, 6.45) is 3.55. The molecule has 0 aliphatic rings. The molecule has 0 saturated heterocycles. The molecule has 0 aliphatic carbocycles. The lowest BCUT2D eigenvalue weighted by molar-refractivity contribution is 0.689. The molecule has 0 unspecified atom stereocenters. The van der Waals surface area contributed by atoms with E-state index in [0.717, 1.165) is 16.8 Å². The zero-order valence-corrected chi connectivity index (χ0v) is 12.6. The summed E-state index contributed by atoms with van der Waals surface area (Å²) < 4.78 is 1.89. The van der Waals surface area contributed by atoms with Crippen molar-refractivity contribution in [1.29, 1.82) is 0 Å². The van der Waals surface area contributed by atoms with Crippen LogP contribution in [0.4, 0.5) is 0 Å². The highest BCUT2D eigenvalue weighted by Gasteiger charge is 2.10. The summed E-state index contributed by atoms with van der Waals surface area (Å²) in [4.78, 5) is 0. The van der Waals surface area contributed by atoms with Gasteiger partial charge in [0.2, 0.25) is 0 Å². The molecular weight excluding hydrogens is 296 g/mol. The zero-order chi connectivity index (χ0) is 15.4. The van der Waals surface area contributed by atoms with E-state index in [4.69, 9.17) is 17.4 Å². The molecule has 2 aromatic carbocycles. The van der Waals surface area contributed by atoms with Crippen LogP contribution in [0.2, 0.25) is 5.02 Å². The highest BCUT2D eigenvalue weighted by Crippen LogP contribution is 2.23. The number of nitrogens with zero attached hydrogens (tertiary/aromatic N) is 3. The number of hydrogen-bond donors (Lipinski definition) is 1. The summed E-state index contributed by atoms with van der Waals surface area (Å²) in [6, 6.07) is 17.7. The summed E-state index contributed by atoms with van der Waals surface area (Å²) in [5.74, 6) is 5.30. The van der Waals surface area contributed by atoms with Crippen molar-refractivity contribution in [3.05, 3.63) is 76.9 Å². The first-order chi connectivity index (χ1) is 10.8. The number of rotatable bonds is 4. The van der Waals surface area contributed by atoms with Gasteiger partial charge in [-0.3, -0.25) is 4.68 Å². The predicted octanol–water partition coefficient (Wildman–Crippen LogP) is 3.54. The first kappa shape index (κ1) is 14.4. The van der Waals surface area contributed by atoms with Gasteiger partial charge in [-0.1, -0.05) is 54.1 Å². The smallest absolute Gasteiger partial charge is 0.101 e. The fourth-order valence-electron chi connectivity index (χ4n) is 2.30. The highest BCUT2D eigenvalue weighted by molar-refractivity contribution is 6.30. The van der Waals surface area contributed by atoms with Crippen molar-refractivity contribution < 1.29 is 0 Å². The Labute approximate surface area is 133 Å². The van der Waals surface area contributed by atoms with Crippen molar-refractivity contribution in [3.63, 3.8) is 0 Å². The lowest BCUT2D eigenvalue weighted by Crippen LogP contribution is -1.99. The second-order valence-electron chi connectivity index (χ2n) is 4.90. The molecule has 110 valence electrons. The van der Waals surface area contributed by atoms with Crippen LogP contribution in [0.5, 0.6) is 0 Å². The van der Waals surface area contributed by atoms with Crippen molar-refractivity contribution in [2.75, 3.05) is 0 Å². The third kappa shape index (κ3) is 3.18.